The first kappa shape index (κ1) is 18.0. The normalized spacial score (nSPS) is 14.2. The lowest BCUT2D eigenvalue weighted by Gasteiger charge is -2.23. The smallest absolute Gasteiger partial charge is 0.202 e. The minimum atomic E-state index is -0.156. The quantitative estimate of drug-likeness (QED) is 0.403. The molecular weight excluding hydrogens is 260 g/mol. The van der Waals surface area contributed by atoms with E-state index in [-0.39, 0.29) is 6.29 Å². The maximum atomic E-state index is 6.00. The highest BCUT2D eigenvalue weighted by atomic mass is 16.7. The first-order valence-corrected chi connectivity index (χ1v) is 8.46. The topological polar surface area (TPSA) is 18.5 Å². The van der Waals surface area contributed by atoms with Crippen LogP contribution in [0.1, 0.15) is 71.8 Å². The third kappa shape index (κ3) is 6.52. The van der Waals surface area contributed by atoms with Crippen LogP contribution in [0, 0.1) is 5.92 Å². The van der Waals surface area contributed by atoms with Crippen LogP contribution in [0.2, 0.25) is 0 Å². The molecule has 1 aromatic carbocycles. The minimum Gasteiger partial charge on any atom is -0.465 e. The van der Waals surface area contributed by atoms with Crippen LogP contribution in [0.4, 0.5) is 0 Å². The Hall–Kier alpha value is -1.02. The molecule has 1 rings (SSSR count). The summed E-state index contributed by atoms with van der Waals surface area (Å²) in [5.74, 6) is 1.85. The zero-order valence-electron chi connectivity index (χ0n) is 14.4. The molecule has 0 radical (unpaired) electrons. The Morgan fingerprint density at radius 1 is 0.952 bits per heavy atom. The van der Waals surface area contributed by atoms with Gasteiger partial charge in [-0.1, -0.05) is 59.6 Å². The summed E-state index contributed by atoms with van der Waals surface area (Å²) >= 11 is 0. The molecule has 2 unspecified atom stereocenters. The Balaban J connectivity index is 2.54. The van der Waals surface area contributed by atoms with E-state index in [4.69, 9.17) is 9.47 Å². The number of rotatable bonds is 10. The summed E-state index contributed by atoms with van der Waals surface area (Å²) in [5, 5.41) is 0. The highest BCUT2D eigenvalue weighted by molar-refractivity contribution is 5.29. The van der Waals surface area contributed by atoms with Gasteiger partial charge in [-0.2, -0.15) is 0 Å². The molecule has 0 fully saturated rings. The molecule has 2 heteroatoms. The van der Waals surface area contributed by atoms with Gasteiger partial charge in [-0.15, -0.1) is 0 Å². The second-order valence-corrected chi connectivity index (χ2v) is 6.19. The number of benzene rings is 1. The average molecular weight is 292 g/mol. The zero-order valence-corrected chi connectivity index (χ0v) is 14.4. The second-order valence-electron chi connectivity index (χ2n) is 6.19. The second kappa shape index (κ2) is 9.83. The van der Waals surface area contributed by atoms with Gasteiger partial charge < -0.3 is 9.47 Å². The lowest BCUT2D eigenvalue weighted by Crippen LogP contribution is -2.27. The molecule has 0 aliphatic heterocycles. The van der Waals surface area contributed by atoms with Crippen molar-refractivity contribution in [3.8, 4) is 5.75 Å². The molecule has 0 N–H and O–H groups in total. The fourth-order valence-electron chi connectivity index (χ4n) is 2.16. The maximum absolute atomic E-state index is 6.00. The molecule has 21 heavy (non-hydrogen) atoms. The van der Waals surface area contributed by atoms with Crippen molar-refractivity contribution in [2.75, 3.05) is 6.61 Å². The van der Waals surface area contributed by atoms with E-state index >= 15 is 0 Å². The lowest BCUT2D eigenvalue weighted by molar-refractivity contribution is -0.108. The van der Waals surface area contributed by atoms with Crippen molar-refractivity contribution in [3.05, 3.63) is 29.8 Å². The Bertz CT molecular complexity index is 370. The minimum absolute atomic E-state index is 0.156. The summed E-state index contributed by atoms with van der Waals surface area (Å²) in [7, 11) is 0. The molecule has 2 nitrogen and oxygen atoms in total. The predicted octanol–water partition coefficient (Wildman–Crippen LogP) is 5.77. The van der Waals surface area contributed by atoms with Crippen LogP contribution < -0.4 is 4.74 Å². The highest BCUT2D eigenvalue weighted by Crippen LogP contribution is 2.23. The molecule has 0 heterocycles. The van der Waals surface area contributed by atoms with Crippen molar-refractivity contribution in [2.24, 2.45) is 5.92 Å². The van der Waals surface area contributed by atoms with Crippen LogP contribution in [0.15, 0.2) is 24.3 Å². The van der Waals surface area contributed by atoms with Crippen molar-refractivity contribution in [2.45, 2.75) is 72.5 Å². The summed E-state index contributed by atoms with van der Waals surface area (Å²) in [6.45, 7) is 11.7. The van der Waals surface area contributed by atoms with Gasteiger partial charge in [0.25, 0.3) is 0 Å². The van der Waals surface area contributed by atoms with Crippen LogP contribution in [0.3, 0.4) is 0 Å². The van der Waals surface area contributed by atoms with Crippen molar-refractivity contribution >= 4 is 0 Å². The molecule has 0 saturated carbocycles. The Morgan fingerprint density at radius 3 is 2.14 bits per heavy atom. The molecule has 2 atom stereocenters. The molecule has 120 valence electrons. The van der Waals surface area contributed by atoms with Gasteiger partial charge in [-0.25, -0.2) is 0 Å². The fourth-order valence-corrected chi connectivity index (χ4v) is 2.16. The van der Waals surface area contributed by atoms with Crippen LogP contribution >= 0.6 is 0 Å². The van der Waals surface area contributed by atoms with Crippen LogP contribution in [0.5, 0.6) is 5.75 Å². The third-order valence-corrected chi connectivity index (χ3v) is 3.89. The molecular formula is C19H32O2. The number of hydrogen-bond donors (Lipinski definition) is 0. The van der Waals surface area contributed by atoms with E-state index in [1.807, 2.05) is 0 Å². The Kier molecular flexibility index (Phi) is 8.44. The van der Waals surface area contributed by atoms with E-state index in [9.17, 15) is 0 Å². The number of unbranched alkanes of at least 4 members (excludes halogenated alkanes) is 2. The molecule has 0 aliphatic rings. The van der Waals surface area contributed by atoms with E-state index < -0.39 is 0 Å². The van der Waals surface area contributed by atoms with Gasteiger partial charge in [-0.05, 0) is 36.5 Å². The van der Waals surface area contributed by atoms with E-state index in [1.54, 1.807) is 0 Å². The van der Waals surface area contributed by atoms with Crippen LogP contribution in [-0.4, -0.2) is 12.9 Å². The van der Waals surface area contributed by atoms with Crippen molar-refractivity contribution < 1.29 is 9.47 Å². The van der Waals surface area contributed by atoms with Crippen LogP contribution in [-0.2, 0) is 4.74 Å². The van der Waals surface area contributed by atoms with E-state index in [2.05, 4.69) is 58.9 Å². The summed E-state index contributed by atoms with van der Waals surface area (Å²) in [5.41, 5.74) is 1.37. The monoisotopic (exact) mass is 292 g/mol. The molecule has 1 aromatic rings. The van der Waals surface area contributed by atoms with Gasteiger partial charge in [0, 0.05) is 5.92 Å². The average Bonchev–Trinajstić information content (AvgIpc) is 2.50. The molecule has 0 saturated heterocycles. The van der Waals surface area contributed by atoms with E-state index in [0.717, 1.165) is 25.2 Å². The largest absolute Gasteiger partial charge is 0.465 e. The number of ether oxygens (including phenoxy) is 2. The SMILES string of the molecule is CCCCCOC(Oc1ccc(C(C)CC)cc1)C(C)C. The van der Waals surface area contributed by atoms with Gasteiger partial charge >= 0.3 is 0 Å². The lowest BCUT2D eigenvalue weighted by atomic mass is 9.99. The molecule has 0 amide bonds. The zero-order chi connectivity index (χ0) is 15.7. The van der Waals surface area contributed by atoms with Crippen molar-refractivity contribution in [1.29, 1.82) is 0 Å². The van der Waals surface area contributed by atoms with Gasteiger partial charge in [0.2, 0.25) is 6.29 Å². The standard InChI is InChI=1S/C19H32O2/c1-6-8-9-14-20-19(15(3)4)21-18-12-10-17(11-13-18)16(5)7-2/h10-13,15-16,19H,6-9,14H2,1-5H3. The van der Waals surface area contributed by atoms with Gasteiger partial charge in [0.1, 0.15) is 5.75 Å². The van der Waals surface area contributed by atoms with E-state index in [0.29, 0.717) is 11.8 Å². The predicted molar refractivity (Wildman–Crippen MR) is 89.9 cm³/mol. The summed E-state index contributed by atoms with van der Waals surface area (Å²) < 4.78 is 11.9. The number of hydrogen-bond acceptors (Lipinski definition) is 2. The van der Waals surface area contributed by atoms with Gasteiger partial charge in [0.05, 0.1) is 6.61 Å². The van der Waals surface area contributed by atoms with Gasteiger partial charge in [0.15, 0.2) is 0 Å². The fraction of sp³-hybridized carbons (Fsp3) is 0.684. The molecule has 0 bridgehead atoms. The molecule has 0 spiro atoms. The van der Waals surface area contributed by atoms with Crippen LogP contribution in [0.25, 0.3) is 0 Å². The van der Waals surface area contributed by atoms with Gasteiger partial charge in [-0.3, -0.25) is 0 Å². The Morgan fingerprint density at radius 2 is 1.62 bits per heavy atom. The molecule has 0 aromatic heterocycles. The summed E-state index contributed by atoms with van der Waals surface area (Å²) in [4.78, 5) is 0. The summed E-state index contributed by atoms with van der Waals surface area (Å²) in [6, 6.07) is 8.45. The highest BCUT2D eigenvalue weighted by Gasteiger charge is 2.15. The molecule has 0 aliphatic carbocycles. The Labute approximate surface area is 130 Å². The van der Waals surface area contributed by atoms with Crippen molar-refractivity contribution in [1.82, 2.24) is 0 Å². The summed E-state index contributed by atoms with van der Waals surface area (Å²) in [6.07, 6.45) is 4.55. The third-order valence-electron chi connectivity index (χ3n) is 3.89. The van der Waals surface area contributed by atoms with Crippen molar-refractivity contribution in [3.63, 3.8) is 0 Å². The van der Waals surface area contributed by atoms with E-state index in [1.165, 1.54) is 18.4 Å². The maximum Gasteiger partial charge on any atom is 0.202 e. The first-order chi connectivity index (χ1) is 10.1. The first-order valence-electron chi connectivity index (χ1n) is 8.46.